The summed E-state index contributed by atoms with van der Waals surface area (Å²) >= 11 is 0. The number of methoxy groups -OCH3 is 2. The number of ether oxygens (including phenoxy) is 2. The number of rotatable bonds is 7. The van der Waals surface area contributed by atoms with Crippen molar-refractivity contribution in [2.75, 3.05) is 32.6 Å². The zero-order valence-corrected chi connectivity index (χ0v) is 17.5. The average Bonchev–Trinajstić information content (AvgIpc) is 3.29. The lowest BCUT2D eigenvalue weighted by molar-refractivity contribution is 0.0996. The Balaban J connectivity index is 1.96. The van der Waals surface area contributed by atoms with Gasteiger partial charge >= 0.3 is 0 Å². The molecule has 1 saturated heterocycles. The molecular weight excluding hydrogens is 410 g/mol. The van der Waals surface area contributed by atoms with Gasteiger partial charge in [-0.1, -0.05) is 0 Å². The molecule has 0 saturated carbocycles. The van der Waals surface area contributed by atoms with Crippen molar-refractivity contribution in [1.82, 2.24) is 4.31 Å². The molecule has 1 aliphatic heterocycles. The Morgan fingerprint density at radius 3 is 2.17 bits per heavy atom. The van der Waals surface area contributed by atoms with Crippen molar-refractivity contribution in [3.8, 4) is 11.5 Å². The van der Waals surface area contributed by atoms with Gasteiger partial charge in [0, 0.05) is 24.2 Å². The molecule has 2 aromatic carbocycles. The number of carbonyl (C=O) groups is 2. The Hall–Kier alpha value is -3.11. The third kappa shape index (κ3) is 4.24. The molecule has 3 rings (SSSR count). The number of carbonyl (C=O) groups excluding carboxylic acids is 2. The van der Waals surface area contributed by atoms with E-state index in [1.54, 1.807) is 0 Å². The molecule has 0 spiro atoms. The fourth-order valence-electron chi connectivity index (χ4n) is 3.24. The van der Waals surface area contributed by atoms with E-state index >= 15 is 0 Å². The van der Waals surface area contributed by atoms with E-state index in [1.807, 2.05) is 0 Å². The average molecular weight is 433 g/mol. The van der Waals surface area contributed by atoms with E-state index in [9.17, 15) is 18.0 Å². The number of nitrogens with two attached hydrogens (primary N) is 1. The number of nitrogens with zero attached hydrogens (tertiary/aromatic N) is 1. The first-order valence-corrected chi connectivity index (χ1v) is 10.7. The number of benzene rings is 2. The van der Waals surface area contributed by atoms with Gasteiger partial charge in [0.25, 0.3) is 5.91 Å². The summed E-state index contributed by atoms with van der Waals surface area (Å²) in [5, 5.41) is 2.64. The summed E-state index contributed by atoms with van der Waals surface area (Å²) < 4.78 is 37.8. The fraction of sp³-hybridized carbons (Fsp3) is 0.300. The van der Waals surface area contributed by atoms with Crippen LogP contribution in [0.4, 0.5) is 5.69 Å². The van der Waals surface area contributed by atoms with Crippen molar-refractivity contribution in [2.24, 2.45) is 5.73 Å². The van der Waals surface area contributed by atoms with Crippen LogP contribution >= 0.6 is 0 Å². The van der Waals surface area contributed by atoms with Crippen LogP contribution in [-0.4, -0.2) is 51.8 Å². The Morgan fingerprint density at radius 2 is 1.57 bits per heavy atom. The van der Waals surface area contributed by atoms with Gasteiger partial charge in [-0.3, -0.25) is 9.59 Å². The van der Waals surface area contributed by atoms with Crippen LogP contribution in [-0.2, 0) is 10.0 Å². The Bertz CT molecular complexity index is 1080. The Labute approximate surface area is 174 Å². The van der Waals surface area contributed by atoms with Crippen molar-refractivity contribution < 1.29 is 27.5 Å². The van der Waals surface area contributed by atoms with Crippen LogP contribution in [0.5, 0.6) is 11.5 Å². The minimum absolute atomic E-state index is 0.0719. The van der Waals surface area contributed by atoms with Crippen LogP contribution in [0, 0.1) is 0 Å². The van der Waals surface area contributed by atoms with Gasteiger partial charge in [0.05, 0.1) is 19.9 Å². The van der Waals surface area contributed by atoms with E-state index in [4.69, 9.17) is 15.2 Å². The number of hydrogen-bond donors (Lipinski definition) is 2. The Morgan fingerprint density at radius 1 is 0.967 bits per heavy atom. The summed E-state index contributed by atoms with van der Waals surface area (Å²) in [4.78, 5) is 24.2. The standard InChI is InChI=1S/C20H23N3O6S/c1-28-16-7-5-13(19(21)24)11-15(16)22-20(25)14-6-8-17(29-2)18(12-14)30(26,27)23-9-3-4-10-23/h5-8,11-12H,3-4,9-10H2,1-2H3,(H2,21,24)(H,22,25). The molecular formula is C20H23N3O6S. The summed E-state index contributed by atoms with van der Waals surface area (Å²) in [7, 11) is -1.01. The summed E-state index contributed by atoms with van der Waals surface area (Å²) in [6, 6.07) is 8.56. The van der Waals surface area contributed by atoms with Crippen molar-refractivity contribution >= 4 is 27.5 Å². The monoisotopic (exact) mass is 433 g/mol. The molecule has 160 valence electrons. The number of anilines is 1. The van der Waals surface area contributed by atoms with Gasteiger partial charge in [-0.2, -0.15) is 4.31 Å². The van der Waals surface area contributed by atoms with Crippen molar-refractivity contribution in [3.63, 3.8) is 0 Å². The maximum Gasteiger partial charge on any atom is 0.255 e. The number of sulfonamides is 1. The zero-order chi connectivity index (χ0) is 21.9. The summed E-state index contributed by atoms with van der Waals surface area (Å²) in [5.74, 6) is -0.745. The predicted molar refractivity (Wildman–Crippen MR) is 110 cm³/mol. The molecule has 0 unspecified atom stereocenters. The van der Waals surface area contributed by atoms with Gasteiger partial charge in [-0.05, 0) is 49.2 Å². The molecule has 2 amide bonds. The highest BCUT2D eigenvalue weighted by atomic mass is 32.2. The van der Waals surface area contributed by atoms with Gasteiger partial charge in [0.1, 0.15) is 16.4 Å². The minimum Gasteiger partial charge on any atom is -0.495 e. The second-order valence-corrected chi connectivity index (χ2v) is 8.62. The topological polar surface area (TPSA) is 128 Å². The quantitative estimate of drug-likeness (QED) is 0.686. The van der Waals surface area contributed by atoms with Gasteiger partial charge in [0.15, 0.2) is 0 Å². The van der Waals surface area contributed by atoms with Crippen molar-refractivity contribution in [2.45, 2.75) is 17.7 Å². The van der Waals surface area contributed by atoms with Crippen LogP contribution in [0.25, 0.3) is 0 Å². The number of nitrogens with one attached hydrogen (secondary N) is 1. The molecule has 1 fully saturated rings. The lowest BCUT2D eigenvalue weighted by atomic mass is 10.1. The third-order valence-electron chi connectivity index (χ3n) is 4.84. The second-order valence-electron chi connectivity index (χ2n) is 6.71. The highest BCUT2D eigenvalue weighted by Gasteiger charge is 2.30. The van der Waals surface area contributed by atoms with E-state index in [-0.39, 0.29) is 27.5 Å². The molecule has 3 N–H and O–H groups in total. The zero-order valence-electron chi connectivity index (χ0n) is 16.7. The summed E-state index contributed by atoms with van der Waals surface area (Å²) in [6.45, 7) is 0.859. The van der Waals surface area contributed by atoms with E-state index in [2.05, 4.69) is 5.32 Å². The van der Waals surface area contributed by atoms with Gasteiger partial charge in [0.2, 0.25) is 15.9 Å². The van der Waals surface area contributed by atoms with Crippen LogP contribution in [0.15, 0.2) is 41.3 Å². The molecule has 9 nitrogen and oxygen atoms in total. The lowest BCUT2D eigenvalue weighted by Crippen LogP contribution is -2.28. The smallest absolute Gasteiger partial charge is 0.255 e. The molecule has 0 radical (unpaired) electrons. The maximum atomic E-state index is 13.0. The number of hydrogen-bond acceptors (Lipinski definition) is 6. The van der Waals surface area contributed by atoms with E-state index in [0.717, 1.165) is 12.8 Å². The Kier molecular flexibility index (Phi) is 6.28. The molecule has 10 heteroatoms. The molecule has 0 atom stereocenters. The van der Waals surface area contributed by atoms with Crippen LogP contribution in [0.1, 0.15) is 33.6 Å². The third-order valence-corrected chi connectivity index (χ3v) is 6.76. The van der Waals surface area contributed by atoms with Crippen molar-refractivity contribution in [1.29, 1.82) is 0 Å². The lowest BCUT2D eigenvalue weighted by Gasteiger charge is -2.18. The first-order chi connectivity index (χ1) is 14.3. The molecule has 0 aliphatic carbocycles. The number of primary amides is 1. The van der Waals surface area contributed by atoms with E-state index in [0.29, 0.717) is 18.8 Å². The van der Waals surface area contributed by atoms with Crippen LogP contribution in [0.3, 0.4) is 0 Å². The predicted octanol–water partition coefficient (Wildman–Crippen LogP) is 1.84. The molecule has 0 bridgehead atoms. The number of amides is 2. The molecule has 30 heavy (non-hydrogen) atoms. The summed E-state index contributed by atoms with van der Waals surface area (Å²) in [5.41, 5.74) is 5.84. The molecule has 1 heterocycles. The molecule has 0 aromatic heterocycles. The largest absolute Gasteiger partial charge is 0.495 e. The van der Waals surface area contributed by atoms with Crippen molar-refractivity contribution in [3.05, 3.63) is 47.5 Å². The normalized spacial score (nSPS) is 14.3. The molecule has 2 aromatic rings. The highest BCUT2D eigenvalue weighted by molar-refractivity contribution is 7.89. The van der Waals surface area contributed by atoms with Gasteiger partial charge in [-0.15, -0.1) is 0 Å². The van der Waals surface area contributed by atoms with Gasteiger partial charge in [-0.25, -0.2) is 8.42 Å². The van der Waals surface area contributed by atoms with E-state index in [1.165, 1.54) is 54.9 Å². The van der Waals surface area contributed by atoms with Gasteiger partial charge < -0.3 is 20.5 Å². The summed E-state index contributed by atoms with van der Waals surface area (Å²) in [6.07, 6.45) is 1.58. The fourth-order valence-corrected chi connectivity index (χ4v) is 4.94. The van der Waals surface area contributed by atoms with E-state index < -0.39 is 21.8 Å². The van der Waals surface area contributed by atoms with Crippen LogP contribution in [0.2, 0.25) is 0 Å². The van der Waals surface area contributed by atoms with Crippen LogP contribution < -0.4 is 20.5 Å². The first-order valence-electron chi connectivity index (χ1n) is 9.25. The minimum atomic E-state index is -3.80. The highest BCUT2D eigenvalue weighted by Crippen LogP contribution is 2.31. The maximum absolute atomic E-state index is 13.0. The first kappa shape index (κ1) is 21.6. The SMILES string of the molecule is COc1ccc(C(N)=O)cc1NC(=O)c1ccc(OC)c(S(=O)(=O)N2CCCC2)c1. The molecule has 1 aliphatic rings. The second kappa shape index (κ2) is 8.72.